The van der Waals surface area contributed by atoms with Gasteiger partial charge in [0.25, 0.3) is 10.0 Å². The number of hydrogen-bond donors (Lipinski definition) is 1. The van der Waals surface area contributed by atoms with Crippen LogP contribution < -0.4 is 19.1 Å². The predicted octanol–water partition coefficient (Wildman–Crippen LogP) is 2.69. The number of anilines is 2. The maximum Gasteiger partial charge on any atom is 0.265 e. The van der Waals surface area contributed by atoms with E-state index in [1.165, 1.54) is 16.8 Å². The zero-order chi connectivity index (χ0) is 20.3. The van der Waals surface area contributed by atoms with Gasteiger partial charge in [-0.05, 0) is 29.8 Å². The van der Waals surface area contributed by atoms with Crippen LogP contribution in [0.1, 0.15) is 5.56 Å². The van der Waals surface area contributed by atoms with E-state index in [4.69, 9.17) is 9.47 Å². The monoisotopic (exact) mass is 412 g/mol. The summed E-state index contributed by atoms with van der Waals surface area (Å²) in [6.45, 7) is 1.28. The van der Waals surface area contributed by atoms with Gasteiger partial charge in [0.05, 0.1) is 24.2 Å². The molecule has 4 rings (SSSR count). The number of fused-ring (bicyclic) bond motifs is 1. The normalized spacial score (nSPS) is 13.0. The molecule has 0 bridgehead atoms. The molecule has 1 aromatic heterocycles. The van der Waals surface area contributed by atoms with Crippen molar-refractivity contribution in [3.8, 4) is 11.5 Å². The van der Waals surface area contributed by atoms with Crippen LogP contribution in [0.4, 0.5) is 11.5 Å². The van der Waals surface area contributed by atoms with Crippen LogP contribution in [0.15, 0.2) is 66.0 Å². The number of hydrogen-bond acceptors (Lipinski definition) is 7. The van der Waals surface area contributed by atoms with Gasteiger partial charge >= 0.3 is 0 Å². The van der Waals surface area contributed by atoms with Crippen molar-refractivity contribution < 1.29 is 17.9 Å². The Morgan fingerprint density at radius 2 is 2.00 bits per heavy atom. The molecule has 0 spiro atoms. The number of nitrogens with zero attached hydrogens (tertiary/aromatic N) is 3. The molecule has 0 saturated heterocycles. The lowest BCUT2D eigenvalue weighted by Gasteiger charge is -2.25. The average molecular weight is 412 g/mol. The Kier molecular flexibility index (Phi) is 5.22. The molecule has 0 amide bonds. The smallest absolute Gasteiger partial charge is 0.265 e. The van der Waals surface area contributed by atoms with E-state index in [1.807, 2.05) is 12.1 Å². The lowest BCUT2D eigenvalue weighted by Crippen LogP contribution is -2.31. The Balaban J connectivity index is 1.73. The second-order valence-corrected chi connectivity index (χ2v) is 8.22. The molecule has 0 radical (unpaired) electrons. The second kappa shape index (κ2) is 7.96. The zero-order valence-corrected chi connectivity index (χ0v) is 16.6. The molecule has 0 atom stereocenters. The minimum atomic E-state index is -3.90. The summed E-state index contributed by atoms with van der Waals surface area (Å²) in [4.78, 5) is 8.18. The third-order valence-electron chi connectivity index (χ3n) is 4.52. The number of nitrogens with one attached hydrogen (secondary N) is 1. The molecule has 0 saturated carbocycles. The number of rotatable bonds is 6. The fourth-order valence-corrected chi connectivity index (χ4v) is 4.44. The van der Waals surface area contributed by atoms with E-state index in [0.717, 1.165) is 11.3 Å². The van der Waals surface area contributed by atoms with Crippen LogP contribution >= 0.6 is 0 Å². The molecular formula is C20H20N4O4S. The highest BCUT2D eigenvalue weighted by atomic mass is 32.2. The summed E-state index contributed by atoms with van der Waals surface area (Å²) in [6, 6.07) is 13.6. The molecular weight excluding hydrogens is 392 g/mol. The molecule has 0 fully saturated rings. The van der Waals surface area contributed by atoms with E-state index in [0.29, 0.717) is 24.7 Å². The molecule has 2 aromatic carbocycles. The Morgan fingerprint density at radius 3 is 2.72 bits per heavy atom. The summed E-state index contributed by atoms with van der Waals surface area (Å²) < 4.78 is 39.1. The van der Waals surface area contributed by atoms with E-state index < -0.39 is 10.0 Å². The van der Waals surface area contributed by atoms with Crippen molar-refractivity contribution in [3.63, 3.8) is 0 Å². The molecule has 9 heteroatoms. The van der Waals surface area contributed by atoms with E-state index in [1.54, 1.807) is 43.5 Å². The molecule has 1 aliphatic heterocycles. The molecule has 0 aliphatic carbocycles. The van der Waals surface area contributed by atoms with Crippen LogP contribution in [0.2, 0.25) is 0 Å². The molecule has 8 nitrogen and oxygen atoms in total. The van der Waals surface area contributed by atoms with Gasteiger partial charge in [-0.15, -0.1) is 0 Å². The fraction of sp³-hybridized carbons (Fsp3) is 0.200. The SMILES string of the molecule is COc1ccc(CN(c2ccncn2)S(=O)(=O)c2ccc3c(c2)OCCN3)cc1. The van der Waals surface area contributed by atoms with E-state index in [9.17, 15) is 8.42 Å². The third-order valence-corrected chi connectivity index (χ3v) is 6.27. The molecule has 150 valence electrons. The zero-order valence-electron chi connectivity index (χ0n) is 15.8. The van der Waals surface area contributed by atoms with Gasteiger partial charge in [0.15, 0.2) is 0 Å². The summed E-state index contributed by atoms with van der Waals surface area (Å²) in [7, 11) is -2.31. The van der Waals surface area contributed by atoms with Gasteiger partial charge in [0.2, 0.25) is 0 Å². The van der Waals surface area contributed by atoms with Crippen molar-refractivity contribution in [1.82, 2.24) is 9.97 Å². The maximum atomic E-state index is 13.5. The Labute approximate surface area is 169 Å². The third kappa shape index (κ3) is 3.95. The molecule has 1 aliphatic rings. The van der Waals surface area contributed by atoms with Crippen LogP contribution in [0.5, 0.6) is 11.5 Å². The molecule has 29 heavy (non-hydrogen) atoms. The lowest BCUT2D eigenvalue weighted by molar-refractivity contribution is 0.322. The van der Waals surface area contributed by atoms with Gasteiger partial charge in [-0.1, -0.05) is 12.1 Å². The van der Waals surface area contributed by atoms with E-state index in [-0.39, 0.29) is 17.3 Å². The molecule has 3 aromatic rings. The number of benzene rings is 2. The minimum absolute atomic E-state index is 0.111. The number of sulfonamides is 1. The van der Waals surface area contributed by atoms with Crippen molar-refractivity contribution in [2.45, 2.75) is 11.4 Å². The van der Waals surface area contributed by atoms with Crippen molar-refractivity contribution in [2.75, 3.05) is 29.9 Å². The summed E-state index contributed by atoms with van der Waals surface area (Å²) in [5, 5.41) is 3.19. The van der Waals surface area contributed by atoms with E-state index >= 15 is 0 Å². The fourth-order valence-electron chi connectivity index (χ4n) is 3.02. The summed E-state index contributed by atoms with van der Waals surface area (Å²) >= 11 is 0. The van der Waals surface area contributed by atoms with Gasteiger partial charge in [0, 0.05) is 24.9 Å². The summed E-state index contributed by atoms with van der Waals surface area (Å²) in [5.74, 6) is 1.50. The predicted molar refractivity (Wildman–Crippen MR) is 109 cm³/mol. The van der Waals surface area contributed by atoms with Crippen LogP contribution in [-0.2, 0) is 16.6 Å². The second-order valence-electron chi connectivity index (χ2n) is 6.36. The number of aromatic nitrogens is 2. The average Bonchev–Trinajstić information content (AvgIpc) is 2.78. The van der Waals surface area contributed by atoms with Gasteiger partial charge in [-0.3, -0.25) is 0 Å². The van der Waals surface area contributed by atoms with Crippen LogP contribution in [0, 0.1) is 0 Å². The first-order valence-corrected chi connectivity index (χ1v) is 10.4. The van der Waals surface area contributed by atoms with Gasteiger partial charge in [-0.25, -0.2) is 22.7 Å². The summed E-state index contributed by atoms with van der Waals surface area (Å²) in [5.41, 5.74) is 1.57. The quantitative estimate of drug-likeness (QED) is 0.665. The maximum absolute atomic E-state index is 13.5. The van der Waals surface area contributed by atoms with Crippen LogP contribution in [-0.4, -0.2) is 38.6 Å². The highest BCUT2D eigenvalue weighted by Crippen LogP contribution is 2.32. The summed E-state index contributed by atoms with van der Waals surface area (Å²) in [6.07, 6.45) is 2.84. The Morgan fingerprint density at radius 1 is 1.17 bits per heavy atom. The largest absolute Gasteiger partial charge is 0.497 e. The minimum Gasteiger partial charge on any atom is -0.497 e. The Bertz CT molecular complexity index is 1090. The first kappa shape index (κ1) is 19.0. The number of methoxy groups -OCH3 is 1. The van der Waals surface area contributed by atoms with Crippen molar-refractivity contribution in [2.24, 2.45) is 0 Å². The van der Waals surface area contributed by atoms with Crippen LogP contribution in [0.3, 0.4) is 0 Å². The van der Waals surface area contributed by atoms with Crippen molar-refractivity contribution in [3.05, 3.63) is 66.6 Å². The van der Waals surface area contributed by atoms with Crippen molar-refractivity contribution in [1.29, 1.82) is 0 Å². The standard InChI is InChI=1S/C20H20N4O4S/c1-27-16-4-2-15(3-5-16)13-24(20-8-9-21-14-23-20)29(25,26)17-6-7-18-19(12-17)28-11-10-22-18/h2-9,12,14,22H,10-11,13H2,1H3. The molecule has 2 heterocycles. The molecule has 0 unspecified atom stereocenters. The first-order chi connectivity index (χ1) is 14.1. The van der Waals surface area contributed by atoms with E-state index in [2.05, 4.69) is 15.3 Å². The molecule has 1 N–H and O–H groups in total. The van der Waals surface area contributed by atoms with Crippen LogP contribution in [0.25, 0.3) is 0 Å². The Hall–Kier alpha value is -3.33. The van der Waals surface area contributed by atoms with Gasteiger partial charge in [-0.2, -0.15) is 0 Å². The highest BCUT2D eigenvalue weighted by molar-refractivity contribution is 7.92. The number of ether oxygens (including phenoxy) is 2. The van der Waals surface area contributed by atoms with Gasteiger partial charge < -0.3 is 14.8 Å². The van der Waals surface area contributed by atoms with Crippen molar-refractivity contribution >= 4 is 21.5 Å². The highest BCUT2D eigenvalue weighted by Gasteiger charge is 2.28. The first-order valence-electron chi connectivity index (χ1n) is 9.00. The lowest BCUT2D eigenvalue weighted by atomic mass is 10.2. The topological polar surface area (TPSA) is 93.7 Å². The van der Waals surface area contributed by atoms with Gasteiger partial charge in [0.1, 0.15) is 30.3 Å².